The molecule has 0 radical (unpaired) electrons. The molecule has 0 spiro atoms. The van der Waals surface area contributed by atoms with Crippen molar-refractivity contribution >= 4 is 33.2 Å². The lowest BCUT2D eigenvalue weighted by atomic mass is 10.2. The molecule has 0 atom stereocenters. The molecule has 3 aromatic rings. The first kappa shape index (κ1) is 27.2. The molecule has 192 valence electrons. The van der Waals surface area contributed by atoms with Gasteiger partial charge in [-0.2, -0.15) is 0 Å². The van der Waals surface area contributed by atoms with Crippen molar-refractivity contribution in [1.29, 1.82) is 0 Å². The Labute approximate surface area is 216 Å². The Kier molecular flexibility index (Phi) is 9.44. The number of sulfonamides is 1. The third kappa shape index (κ3) is 6.61. The Morgan fingerprint density at radius 3 is 2.22 bits per heavy atom. The Bertz CT molecular complexity index is 1280. The molecule has 0 aromatic heterocycles. The molecule has 0 saturated heterocycles. The largest absolute Gasteiger partial charge is 0.495 e. The molecule has 36 heavy (non-hydrogen) atoms. The zero-order valence-corrected chi connectivity index (χ0v) is 21.9. The number of nitrogens with one attached hydrogen (secondary N) is 1. The Morgan fingerprint density at radius 1 is 0.917 bits per heavy atom. The predicted octanol–water partition coefficient (Wildman–Crippen LogP) is 4.66. The van der Waals surface area contributed by atoms with Gasteiger partial charge in [-0.3, -0.25) is 9.10 Å². The van der Waals surface area contributed by atoms with Crippen LogP contribution in [0.4, 0.5) is 5.69 Å². The minimum Gasteiger partial charge on any atom is -0.495 e. The predicted molar refractivity (Wildman–Crippen MR) is 140 cm³/mol. The topological polar surface area (TPSA) is 94.2 Å². The number of hydrogen-bond acceptors (Lipinski definition) is 6. The Morgan fingerprint density at radius 2 is 1.58 bits per heavy atom. The van der Waals surface area contributed by atoms with Crippen molar-refractivity contribution in [3.05, 3.63) is 77.3 Å². The van der Waals surface area contributed by atoms with Crippen LogP contribution in [0.1, 0.15) is 19.4 Å². The lowest BCUT2D eigenvalue weighted by molar-refractivity contribution is -0.119. The molecule has 0 aliphatic rings. The van der Waals surface area contributed by atoms with Crippen molar-refractivity contribution in [2.24, 2.45) is 0 Å². The average molecular weight is 533 g/mol. The van der Waals surface area contributed by atoms with Crippen molar-refractivity contribution < 1.29 is 27.4 Å². The molecule has 0 heterocycles. The van der Waals surface area contributed by atoms with E-state index in [9.17, 15) is 13.2 Å². The number of halogens is 1. The molecular formula is C26H29ClN2O6S. The molecule has 1 amide bonds. The van der Waals surface area contributed by atoms with Gasteiger partial charge in [-0.25, -0.2) is 8.42 Å². The van der Waals surface area contributed by atoms with Gasteiger partial charge in [0.15, 0.2) is 11.5 Å². The quantitative estimate of drug-likeness (QED) is 0.365. The first-order valence-corrected chi connectivity index (χ1v) is 13.2. The zero-order valence-electron chi connectivity index (χ0n) is 20.4. The second-order valence-corrected chi connectivity index (χ2v) is 9.84. The first-order chi connectivity index (χ1) is 17.3. The van der Waals surface area contributed by atoms with Crippen molar-refractivity contribution in [2.75, 3.05) is 31.2 Å². The highest BCUT2D eigenvalue weighted by Crippen LogP contribution is 2.32. The monoisotopic (exact) mass is 532 g/mol. The minimum absolute atomic E-state index is 0.0533. The van der Waals surface area contributed by atoms with Crippen LogP contribution in [0.15, 0.2) is 71.6 Å². The van der Waals surface area contributed by atoms with Gasteiger partial charge in [0.2, 0.25) is 5.91 Å². The summed E-state index contributed by atoms with van der Waals surface area (Å²) >= 11 is 6.25. The normalized spacial score (nSPS) is 11.0. The molecule has 1 N–H and O–H groups in total. The summed E-state index contributed by atoms with van der Waals surface area (Å²) in [6.45, 7) is 4.44. The Balaban J connectivity index is 1.83. The van der Waals surface area contributed by atoms with E-state index in [1.165, 1.54) is 25.3 Å². The number of ether oxygens (including phenoxy) is 3. The van der Waals surface area contributed by atoms with Gasteiger partial charge in [0, 0.05) is 6.54 Å². The van der Waals surface area contributed by atoms with Gasteiger partial charge in [0.05, 0.1) is 35.9 Å². The van der Waals surface area contributed by atoms with Gasteiger partial charge in [-0.1, -0.05) is 35.9 Å². The van der Waals surface area contributed by atoms with E-state index in [1.807, 2.05) is 19.9 Å². The number of carbonyl (C=O) groups excluding carboxylic acids is 1. The maximum atomic E-state index is 13.5. The molecule has 0 bridgehead atoms. The van der Waals surface area contributed by atoms with Crippen LogP contribution in [0, 0.1) is 0 Å². The van der Waals surface area contributed by atoms with E-state index in [2.05, 4.69) is 5.32 Å². The van der Waals surface area contributed by atoms with Gasteiger partial charge >= 0.3 is 0 Å². The van der Waals surface area contributed by atoms with Gasteiger partial charge in [-0.15, -0.1) is 0 Å². The van der Waals surface area contributed by atoms with E-state index in [0.29, 0.717) is 30.5 Å². The smallest absolute Gasteiger partial charge is 0.264 e. The highest BCUT2D eigenvalue weighted by atomic mass is 35.5. The summed E-state index contributed by atoms with van der Waals surface area (Å²) in [5.74, 6) is 1.09. The average Bonchev–Trinajstić information content (AvgIpc) is 2.88. The standard InChI is InChI=1S/C26H29ClN2O6S/c1-4-34-24-13-11-19(15-25(24)35-5-2)17-28-26(30)18-29(20-12-14-23(33-3)22(27)16-20)36(31,32)21-9-7-6-8-10-21/h6-16H,4-5,17-18H2,1-3H3,(H,28,30). The molecule has 0 unspecified atom stereocenters. The fourth-order valence-electron chi connectivity index (χ4n) is 3.44. The van der Waals surface area contributed by atoms with Gasteiger partial charge in [0.1, 0.15) is 12.3 Å². The number of hydrogen-bond donors (Lipinski definition) is 1. The van der Waals surface area contributed by atoms with Crippen LogP contribution in [0.5, 0.6) is 17.2 Å². The van der Waals surface area contributed by atoms with E-state index in [1.54, 1.807) is 42.5 Å². The zero-order chi connectivity index (χ0) is 26.1. The molecule has 3 rings (SSSR count). The van der Waals surface area contributed by atoms with Crippen LogP contribution in [-0.4, -0.2) is 41.2 Å². The molecule has 3 aromatic carbocycles. The van der Waals surface area contributed by atoms with E-state index in [-0.39, 0.29) is 22.2 Å². The second kappa shape index (κ2) is 12.5. The first-order valence-electron chi connectivity index (χ1n) is 11.4. The van der Waals surface area contributed by atoms with Crippen LogP contribution in [0.2, 0.25) is 5.02 Å². The van der Waals surface area contributed by atoms with Crippen LogP contribution in [-0.2, 0) is 21.4 Å². The van der Waals surface area contributed by atoms with E-state index < -0.39 is 22.5 Å². The summed E-state index contributed by atoms with van der Waals surface area (Å²) < 4.78 is 44.3. The fraction of sp³-hybridized carbons (Fsp3) is 0.269. The fourth-order valence-corrected chi connectivity index (χ4v) is 5.12. The Hall–Kier alpha value is -3.43. The number of benzene rings is 3. The molecule has 0 saturated carbocycles. The molecule has 0 aliphatic heterocycles. The summed E-state index contributed by atoms with van der Waals surface area (Å²) in [5.41, 5.74) is 1.01. The maximum Gasteiger partial charge on any atom is 0.264 e. The van der Waals surface area contributed by atoms with Gasteiger partial charge in [-0.05, 0) is 61.9 Å². The second-order valence-electron chi connectivity index (χ2n) is 7.57. The molecule has 10 heteroatoms. The lowest BCUT2D eigenvalue weighted by Gasteiger charge is -2.24. The van der Waals surface area contributed by atoms with Crippen molar-refractivity contribution in [3.63, 3.8) is 0 Å². The van der Waals surface area contributed by atoms with Crippen molar-refractivity contribution in [3.8, 4) is 17.2 Å². The number of nitrogens with zero attached hydrogens (tertiary/aromatic N) is 1. The number of carbonyl (C=O) groups is 1. The molecule has 0 aliphatic carbocycles. The van der Waals surface area contributed by atoms with Crippen LogP contribution >= 0.6 is 11.6 Å². The van der Waals surface area contributed by atoms with Gasteiger partial charge < -0.3 is 19.5 Å². The number of anilines is 1. The third-order valence-electron chi connectivity index (χ3n) is 5.14. The minimum atomic E-state index is -4.06. The lowest BCUT2D eigenvalue weighted by Crippen LogP contribution is -2.40. The van der Waals surface area contributed by atoms with Crippen molar-refractivity contribution in [1.82, 2.24) is 5.32 Å². The van der Waals surface area contributed by atoms with Crippen LogP contribution in [0.25, 0.3) is 0 Å². The summed E-state index contributed by atoms with van der Waals surface area (Å²) in [6, 6.07) is 17.8. The molecule has 0 fully saturated rings. The highest BCUT2D eigenvalue weighted by molar-refractivity contribution is 7.92. The summed E-state index contributed by atoms with van der Waals surface area (Å²) in [7, 11) is -2.59. The van der Waals surface area contributed by atoms with E-state index in [4.69, 9.17) is 25.8 Å². The summed E-state index contributed by atoms with van der Waals surface area (Å²) in [5, 5.41) is 3.01. The number of methoxy groups -OCH3 is 1. The number of rotatable bonds is 12. The van der Waals surface area contributed by atoms with Gasteiger partial charge in [0.25, 0.3) is 10.0 Å². The van der Waals surface area contributed by atoms with Crippen LogP contribution < -0.4 is 23.8 Å². The van der Waals surface area contributed by atoms with E-state index >= 15 is 0 Å². The molecule has 8 nitrogen and oxygen atoms in total. The SMILES string of the molecule is CCOc1ccc(CNC(=O)CN(c2ccc(OC)c(Cl)c2)S(=O)(=O)c2ccccc2)cc1OCC. The van der Waals surface area contributed by atoms with Crippen LogP contribution in [0.3, 0.4) is 0 Å². The maximum absolute atomic E-state index is 13.5. The molecular weight excluding hydrogens is 504 g/mol. The van der Waals surface area contributed by atoms with E-state index in [0.717, 1.165) is 9.87 Å². The third-order valence-corrected chi connectivity index (χ3v) is 7.22. The summed E-state index contributed by atoms with van der Waals surface area (Å²) in [6.07, 6.45) is 0. The number of amides is 1. The summed E-state index contributed by atoms with van der Waals surface area (Å²) in [4.78, 5) is 13.0. The van der Waals surface area contributed by atoms with Crippen molar-refractivity contribution in [2.45, 2.75) is 25.3 Å². The highest BCUT2D eigenvalue weighted by Gasteiger charge is 2.27.